The average molecular weight is 449 g/mol. The van der Waals surface area contributed by atoms with Gasteiger partial charge in [-0.15, -0.1) is 10.2 Å². The number of hydrogen-bond donors (Lipinski definition) is 1. The highest BCUT2D eigenvalue weighted by molar-refractivity contribution is 7.13. The Labute approximate surface area is 178 Å². The number of rotatable bonds is 7. The van der Waals surface area contributed by atoms with Crippen LogP contribution in [0, 0.1) is 10.1 Å². The second kappa shape index (κ2) is 9.29. The lowest BCUT2D eigenvalue weighted by molar-refractivity contribution is -0.384. The Bertz CT molecular complexity index is 1100. The molecule has 154 valence electrons. The molecule has 0 saturated heterocycles. The molecule has 1 amide bonds. The molecule has 30 heavy (non-hydrogen) atoms. The van der Waals surface area contributed by atoms with Gasteiger partial charge in [0.1, 0.15) is 12.4 Å². The molecular formula is C18H13ClN4O6S. The van der Waals surface area contributed by atoms with Gasteiger partial charge in [-0.2, -0.15) is 0 Å². The smallest absolute Gasteiger partial charge is 0.340 e. The maximum absolute atomic E-state index is 12.3. The first kappa shape index (κ1) is 21.1. The van der Waals surface area contributed by atoms with Crippen molar-refractivity contribution in [2.45, 2.75) is 6.61 Å². The van der Waals surface area contributed by atoms with E-state index in [0.717, 1.165) is 17.4 Å². The molecule has 3 aromatic rings. The zero-order chi connectivity index (χ0) is 21.7. The second-order valence-corrected chi connectivity index (χ2v) is 7.15. The van der Waals surface area contributed by atoms with Crippen LogP contribution < -0.4 is 10.1 Å². The highest BCUT2D eigenvalue weighted by Gasteiger charge is 2.19. The molecule has 12 heteroatoms. The van der Waals surface area contributed by atoms with Crippen LogP contribution in [0.4, 0.5) is 11.4 Å². The van der Waals surface area contributed by atoms with E-state index in [9.17, 15) is 19.7 Å². The van der Waals surface area contributed by atoms with Crippen LogP contribution in [0.3, 0.4) is 0 Å². The first-order chi connectivity index (χ1) is 14.4. The van der Waals surface area contributed by atoms with Crippen molar-refractivity contribution in [1.82, 2.24) is 10.2 Å². The van der Waals surface area contributed by atoms with Crippen molar-refractivity contribution >= 4 is 46.2 Å². The topological polar surface area (TPSA) is 134 Å². The van der Waals surface area contributed by atoms with Crippen LogP contribution in [-0.4, -0.2) is 34.1 Å². The molecule has 0 radical (unpaired) electrons. The molecule has 0 aliphatic rings. The van der Waals surface area contributed by atoms with Gasteiger partial charge in [0.15, 0.2) is 5.01 Å². The normalized spacial score (nSPS) is 10.3. The molecule has 0 aliphatic heterocycles. The fourth-order valence-electron chi connectivity index (χ4n) is 2.25. The molecule has 1 N–H and O–H groups in total. The van der Waals surface area contributed by atoms with Crippen LogP contribution in [0.1, 0.15) is 25.2 Å². The summed E-state index contributed by atoms with van der Waals surface area (Å²) in [4.78, 5) is 34.6. The monoisotopic (exact) mass is 448 g/mol. The molecule has 1 aromatic heterocycles. The van der Waals surface area contributed by atoms with Gasteiger partial charge in [0.25, 0.3) is 11.6 Å². The summed E-state index contributed by atoms with van der Waals surface area (Å²) in [6.45, 7) is -0.272. The molecule has 0 saturated carbocycles. The lowest BCUT2D eigenvalue weighted by Gasteiger charge is -2.04. The summed E-state index contributed by atoms with van der Waals surface area (Å²) in [5.41, 5.74) is 0.108. The Hall–Kier alpha value is -3.57. The fourth-order valence-corrected chi connectivity index (χ4v) is 3.09. The Morgan fingerprint density at radius 3 is 2.60 bits per heavy atom. The Balaban J connectivity index is 1.61. The summed E-state index contributed by atoms with van der Waals surface area (Å²) in [6.07, 6.45) is 0. The third kappa shape index (κ3) is 5.07. The van der Waals surface area contributed by atoms with Crippen molar-refractivity contribution in [3.05, 3.63) is 73.2 Å². The van der Waals surface area contributed by atoms with Crippen LogP contribution in [0.5, 0.6) is 5.75 Å². The minimum Gasteiger partial charge on any atom is -0.497 e. The first-order valence-electron chi connectivity index (χ1n) is 8.26. The summed E-state index contributed by atoms with van der Waals surface area (Å²) in [7, 11) is 1.54. The quantitative estimate of drug-likeness (QED) is 0.328. The van der Waals surface area contributed by atoms with Crippen molar-refractivity contribution < 1.29 is 24.0 Å². The minimum absolute atomic E-state index is 0.0161. The van der Waals surface area contributed by atoms with Gasteiger partial charge in [0, 0.05) is 17.8 Å². The standard InChI is InChI=1S/C18H13ClN4O6S/c1-28-12-5-2-10(3-6-12)20-16(24)17-22-21-15(30-17)9-29-18(25)13-8-11(23(26)27)4-7-14(13)19/h2-8H,9H2,1H3,(H,20,24). The summed E-state index contributed by atoms with van der Waals surface area (Å²) in [6, 6.07) is 10.2. The number of methoxy groups -OCH3 is 1. The molecule has 0 spiro atoms. The van der Waals surface area contributed by atoms with Gasteiger partial charge in [-0.1, -0.05) is 22.9 Å². The zero-order valence-electron chi connectivity index (χ0n) is 15.3. The van der Waals surface area contributed by atoms with Gasteiger partial charge in [0.2, 0.25) is 5.01 Å². The van der Waals surface area contributed by atoms with Crippen molar-refractivity contribution in [3.63, 3.8) is 0 Å². The van der Waals surface area contributed by atoms with Gasteiger partial charge in [-0.25, -0.2) is 4.79 Å². The molecule has 0 unspecified atom stereocenters. The van der Waals surface area contributed by atoms with Crippen molar-refractivity contribution in [2.75, 3.05) is 12.4 Å². The van der Waals surface area contributed by atoms with Gasteiger partial charge >= 0.3 is 5.97 Å². The molecule has 10 nitrogen and oxygen atoms in total. The summed E-state index contributed by atoms with van der Waals surface area (Å²) in [5.74, 6) is -0.683. The van der Waals surface area contributed by atoms with E-state index in [1.54, 1.807) is 24.3 Å². The van der Waals surface area contributed by atoms with Gasteiger partial charge < -0.3 is 14.8 Å². The number of halogens is 1. The van der Waals surface area contributed by atoms with Crippen LogP contribution in [0.15, 0.2) is 42.5 Å². The van der Waals surface area contributed by atoms with Crippen LogP contribution in [0.2, 0.25) is 5.02 Å². The van der Waals surface area contributed by atoms with E-state index < -0.39 is 16.8 Å². The number of anilines is 1. The molecule has 1 heterocycles. The number of nitro groups is 1. The highest BCUT2D eigenvalue weighted by atomic mass is 35.5. The number of carbonyl (C=O) groups is 2. The van der Waals surface area contributed by atoms with Crippen LogP contribution >= 0.6 is 22.9 Å². The van der Waals surface area contributed by atoms with Gasteiger partial charge in [-0.05, 0) is 30.3 Å². The zero-order valence-corrected chi connectivity index (χ0v) is 16.9. The predicted molar refractivity (Wildman–Crippen MR) is 108 cm³/mol. The Morgan fingerprint density at radius 1 is 1.20 bits per heavy atom. The average Bonchev–Trinajstić information content (AvgIpc) is 3.22. The van der Waals surface area contributed by atoms with Gasteiger partial charge in [-0.3, -0.25) is 14.9 Å². The minimum atomic E-state index is -0.858. The number of ether oxygens (including phenoxy) is 2. The number of non-ortho nitro benzene ring substituents is 1. The van der Waals surface area contributed by atoms with Crippen molar-refractivity contribution in [1.29, 1.82) is 0 Å². The fraction of sp³-hybridized carbons (Fsp3) is 0.111. The summed E-state index contributed by atoms with van der Waals surface area (Å²) >= 11 is 6.85. The largest absolute Gasteiger partial charge is 0.497 e. The lowest BCUT2D eigenvalue weighted by atomic mass is 10.2. The predicted octanol–water partition coefficient (Wildman–Crippen LogP) is 3.72. The Morgan fingerprint density at radius 2 is 1.93 bits per heavy atom. The maximum Gasteiger partial charge on any atom is 0.340 e. The molecule has 0 fully saturated rings. The highest BCUT2D eigenvalue weighted by Crippen LogP contribution is 2.23. The van der Waals surface area contributed by atoms with Crippen LogP contribution in [-0.2, 0) is 11.3 Å². The third-order valence-electron chi connectivity index (χ3n) is 3.72. The second-order valence-electron chi connectivity index (χ2n) is 5.68. The molecular weight excluding hydrogens is 436 g/mol. The summed E-state index contributed by atoms with van der Waals surface area (Å²) < 4.78 is 10.1. The third-order valence-corrected chi connectivity index (χ3v) is 4.94. The molecule has 0 bridgehead atoms. The van der Waals surface area contributed by atoms with E-state index in [0.29, 0.717) is 11.4 Å². The van der Waals surface area contributed by atoms with E-state index in [2.05, 4.69) is 15.5 Å². The first-order valence-corrected chi connectivity index (χ1v) is 9.45. The van der Waals surface area contributed by atoms with Crippen molar-refractivity contribution in [2.24, 2.45) is 0 Å². The number of amides is 1. The molecule has 3 rings (SSSR count). The van der Waals surface area contributed by atoms with E-state index in [1.165, 1.54) is 19.2 Å². The molecule has 2 aromatic carbocycles. The SMILES string of the molecule is COc1ccc(NC(=O)c2nnc(COC(=O)c3cc([N+](=O)[O-])ccc3Cl)s2)cc1. The van der Waals surface area contributed by atoms with Crippen molar-refractivity contribution in [3.8, 4) is 5.75 Å². The number of nitrogens with one attached hydrogen (secondary N) is 1. The summed E-state index contributed by atoms with van der Waals surface area (Å²) in [5, 5.41) is 21.5. The number of esters is 1. The lowest BCUT2D eigenvalue weighted by Crippen LogP contribution is -2.11. The Kier molecular flexibility index (Phi) is 6.54. The number of hydrogen-bond acceptors (Lipinski definition) is 9. The van der Waals surface area contributed by atoms with Gasteiger partial charge in [0.05, 0.1) is 22.6 Å². The number of nitro benzene ring substituents is 1. The van der Waals surface area contributed by atoms with E-state index >= 15 is 0 Å². The van der Waals surface area contributed by atoms with E-state index in [4.69, 9.17) is 21.1 Å². The number of aromatic nitrogens is 2. The maximum atomic E-state index is 12.3. The van der Waals surface area contributed by atoms with E-state index in [1.807, 2.05) is 0 Å². The number of benzene rings is 2. The van der Waals surface area contributed by atoms with Crippen LogP contribution in [0.25, 0.3) is 0 Å². The molecule has 0 atom stereocenters. The molecule has 0 aliphatic carbocycles. The number of nitrogens with zero attached hydrogens (tertiary/aromatic N) is 3. The number of carbonyl (C=O) groups excluding carboxylic acids is 2. The van der Waals surface area contributed by atoms with E-state index in [-0.39, 0.29) is 32.9 Å².